The molecule has 8 aromatic carbocycles. The summed E-state index contributed by atoms with van der Waals surface area (Å²) in [5.74, 6) is 0.848. The molecule has 3 aromatic heterocycles. The van der Waals surface area contributed by atoms with Crippen molar-refractivity contribution in [2.75, 3.05) is 9.80 Å². The third-order valence-electron chi connectivity index (χ3n) is 10.4. The molecular formula is C49H31N3OS. The predicted molar refractivity (Wildman–Crippen MR) is 229 cm³/mol. The van der Waals surface area contributed by atoms with E-state index in [1.54, 1.807) is 0 Å². The number of pyridine rings is 1. The molecule has 0 fully saturated rings. The number of hydrogen-bond acceptors (Lipinski definition) is 5. The number of nitrogens with zero attached hydrogens (tertiary/aromatic N) is 3. The zero-order valence-corrected chi connectivity index (χ0v) is 29.9. The lowest BCUT2D eigenvalue weighted by atomic mass is 9.99. The van der Waals surface area contributed by atoms with E-state index in [1.807, 2.05) is 47.9 Å². The maximum Gasteiger partial charge on any atom is 0.137 e. The smallest absolute Gasteiger partial charge is 0.137 e. The van der Waals surface area contributed by atoms with Crippen molar-refractivity contribution in [2.24, 2.45) is 0 Å². The van der Waals surface area contributed by atoms with E-state index in [0.717, 1.165) is 56.2 Å². The van der Waals surface area contributed by atoms with Crippen molar-refractivity contribution in [1.29, 1.82) is 0 Å². The number of anilines is 6. The predicted octanol–water partition coefficient (Wildman–Crippen LogP) is 14.6. The quantitative estimate of drug-likeness (QED) is 0.161. The average molecular weight is 710 g/mol. The van der Waals surface area contributed by atoms with Crippen LogP contribution in [0.2, 0.25) is 0 Å². The van der Waals surface area contributed by atoms with Gasteiger partial charge in [-0.1, -0.05) is 84.9 Å². The van der Waals surface area contributed by atoms with E-state index >= 15 is 0 Å². The van der Waals surface area contributed by atoms with E-state index in [9.17, 15) is 0 Å². The molecule has 0 aliphatic carbocycles. The summed E-state index contributed by atoms with van der Waals surface area (Å²) in [5.41, 5.74) is 6.86. The summed E-state index contributed by atoms with van der Waals surface area (Å²) in [6, 6.07) is 64.8. The minimum Gasteiger partial charge on any atom is -0.456 e. The van der Waals surface area contributed by atoms with Crippen LogP contribution in [0, 0.1) is 0 Å². The number of furan rings is 1. The van der Waals surface area contributed by atoms with Gasteiger partial charge in [0.25, 0.3) is 0 Å². The van der Waals surface area contributed by atoms with Crippen LogP contribution in [0.15, 0.2) is 193 Å². The molecular weight excluding hydrogens is 679 g/mol. The van der Waals surface area contributed by atoms with E-state index in [2.05, 4.69) is 161 Å². The molecule has 0 spiro atoms. The van der Waals surface area contributed by atoms with Gasteiger partial charge in [0.1, 0.15) is 17.0 Å². The van der Waals surface area contributed by atoms with Gasteiger partial charge in [0.15, 0.2) is 0 Å². The van der Waals surface area contributed by atoms with E-state index in [0.29, 0.717) is 0 Å². The Morgan fingerprint density at radius 3 is 1.93 bits per heavy atom. The number of fused-ring (bicyclic) bond motifs is 9. The Bertz CT molecular complexity index is 3150. The van der Waals surface area contributed by atoms with Crippen LogP contribution in [0.3, 0.4) is 0 Å². The minimum absolute atomic E-state index is 0.848. The SMILES string of the molecule is c1ccc(N(c2cccc(N(c3ccc4c(c3)oc3ccccc34)c3ccc4ccc5cc6sc7ccccc7c6cc5c4c3)c2)c2ccccn2)cc1. The lowest BCUT2D eigenvalue weighted by Crippen LogP contribution is -2.13. The zero-order valence-electron chi connectivity index (χ0n) is 29.1. The third-order valence-corrected chi connectivity index (χ3v) is 11.6. The molecule has 5 heteroatoms. The van der Waals surface area contributed by atoms with Gasteiger partial charge in [-0.05, 0) is 113 Å². The van der Waals surface area contributed by atoms with Crippen LogP contribution in [0.5, 0.6) is 0 Å². The van der Waals surface area contributed by atoms with Crippen LogP contribution in [0.25, 0.3) is 63.7 Å². The van der Waals surface area contributed by atoms with Gasteiger partial charge in [0, 0.05) is 71.6 Å². The van der Waals surface area contributed by atoms with Gasteiger partial charge in [0.2, 0.25) is 0 Å². The number of thiophene rings is 1. The van der Waals surface area contributed by atoms with E-state index in [1.165, 1.54) is 41.7 Å². The molecule has 0 bridgehead atoms. The number of rotatable bonds is 6. The number of aromatic nitrogens is 1. The van der Waals surface area contributed by atoms with Crippen molar-refractivity contribution in [1.82, 2.24) is 4.98 Å². The fourth-order valence-electron chi connectivity index (χ4n) is 7.95. The van der Waals surface area contributed by atoms with Crippen LogP contribution in [0.4, 0.5) is 34.3 Å². The largest absolute Gasteiger partial charge is 0.456 e. The van der Waals surface area contributed by atoms with Gasteiger partial charge >= 0.3 is 0 Å². The van der Waals surface area contributed by atoms with Gasteiger partial charge in [-0.15, -0.1) is 11.3 Å². The van der Waals surface area contributed by atoms with Crippen molar-refractivity contribution < 1.29 is 4.42 Å². The Hall–Kier alpha value is -6.95. The highest BCUT2D eigenvalue weighted by atomic mass is 32.1. The van der Waals surface area contributed by atoms with Crippen LogP contribution in [-0.4, -0.2) is 4.98 Å². The highest BCUT2D eigenvalue weighted by Gasteiger charge is 2.20. The third kappa shape index (κ3) is 5.01. The van der Waals surface area contributed by atoms with E-state index < -0.39 is 0 Å². The first-order valence-electron chi connectivity index (χ1n) is 18.1. The molecule has 4 nitrogen and oxygen atoms in total. The number of benzene rings is 8. The van der Waals surface area contributed by atoms with Crippen molar-refractivity contribution in [3.05, 3.63) is 188 Å². The van der Waals surface area contributed by atoms with Crippen molar-refractivity contribution >= 4 is 109 Å². The minimum atomic E-state index is 0.848. The van der Waals surface area contributed by atoms with Crippen LogP contribution < -0.4 is 9.80 Å². The Kier molecular flexibility index (Phi) is 7.00. The molecule has 11 aromatic rings. The molecule has 0 unspecified atom stereocenters. The first-order valence-corrected chi connectivity index (χ1v) is 18.9. The molecule has 54 heavy (non-hydrogen) atoms. The maximum absolute atomic E-state index is 6.45. The highest BCUT2D eigenvalue weighted by Crippen LogP contribution is 2.44. The van der Waals surface area contributed by atoms with Gasteiger partial charge in [-0.2, -0.15) is 0 Å². The molecule has 0 amide bonds. The monoisotopic (exact) mass is 709 g/mol. The fourth-order valence-corrected chi connectivity index (χ4v) is 9.08. The standard InChI is InChI=1S/C49H31N3OS/c1-2-11-34(12-3-1)52(49-19-8-9-26-50-49)36-14-10-13-35(28-36)51(38-24-25-40-39-15-4-6-17-45(39)53-46(40)30-38)37-23-22-32-20-21-33-27-48-44(31-43(33)42(32)29-37)41-16-5-7-18-47(41)54-48/h1-31H. The van der Waals surface area contributed by atoms with Gasteiger partial charge in [0.05, 0.1) is 0 Å². The average Bonchev–Trinajstić information content (AvgIpc) is 3.79. The highest BCUT2D eigenvalue weighted by molar-refractivity contribution is 7.25. The summed E-state index contributed by atoms with van der Waals surface area (Å²) in [5, 5.41) is 9.74. The second-order valence-electron chi connectivity index (χ2n) is 13.6. The maximum atomic E-state index is 6.45. The summed E-state index contributed by atoms with van der Waals surface area (Å²) in [7, 11) is 0. The van der Waals surface area contributed by atoms with Crippen LogP contribution in [-0.2, 0) is 0 Å². The van der Waals surface area contributed by atoms with Crippen molar-refractivity contribution in [2.45, 2.75) is 0 Å². The topological polar surface area (TPSA) is 32.5 Å². The molecule has 0 saturated heterocycles. The fraction of sp³-hybridized carbons (Fsp3) is 0. The molecule has 0 N–H and O–H groups in total. The molecule has 0 atom stereocenters. The summed E-state index contributed by atoms with van der Waals surface area (Å²) in [4.78, 5) is 9.32. The Morgan fingerprint density at radius 1 is 0.370 bits per heavy atom. The Morgan fingerprint density at radius 2 is 1.04 bits per heavy atom. The summed E-state index contributed by atoms with van der Waals surface area (Å²) in [6.07, 6.45) is 1.84. The van der Waals surface area contributed by atoms with Gasteiger partial charge in [-0.3, -0.25) is 4.90 Å². The Labute approximate surface area is 315 Å². The Balaban J connectivity index is 1.14. The van der Waals surface area contributed by atoms with Crippen LogP contribution >= 0.6 is 11.3 Å². The summed E-state index contributed by atoms with van der Waals surface area (Å²) >= 11 is 1.86. The molecule has 0 aliphatic rings. The summed E-state index contributed by atoms with van der Waals surface area (Å²) < 4.78 is 9.07. The second kappa shape index (κ2) is 12.3. The van der Waals surface area contributed by atoms with E-state index in [-0.39, 0.29) is 0 Å². The normalized spacial score (nSPS) is 11.7. The van der Waals surface area contributed by atoms with Gasteiger partial charge < -0.3 is 9.32 Å². The van der Waals surface area contributed by atoms with Crippen LogP contribution in [0.1, 0.15) is 0 Å². The lowest BCUT2D eigenvalue weighted by molar-refractivity contribution is 0.669. The number of para-hydroxylation sites is 2. The summed E-state index contributed by atoms with van der Waals surface area (Å²) in [6.45, 7) is 0. The molecule has 0 radical (unpaired) electrons. The lowest BCUT2D eigenvalue weighted by Gasteiger charge is -2.29. The van der Waals surface area contributed by atoms with Gasteiger partial charge in [-0.25, -0.2) is 4.98 Å². The second-order valence-corrected chi connectivity index (χ2v) is 14.7. The molecule has 0 aliphatic heterocycles. The van der Waals surface area contributed by atoms with Crippen molar-refractivity contribution in [3.63, 3.8) is 0 Å². The number of hydrogen-bond donors (Lipinski definition) is 0. The molecule has 11 rings (SSSR count). The molecule has 3 heterocycles. The van der Waals surface area contributed by atoms with Crippen molar-refractivity contribution in [3.8, 4) is 0 Å². The molecule has 0 saturated carbocycles. The first-order chi connectivity index (χ1) is 26.7. The first kappa shape index (κ1) is 30.7. The molecule has 254 valence electrons. The van der Waals surface area contributed by atoms with E-state index in [4.69, 9.17) is 9.40 Å². The zero-order chi connectivity index (χ0) is 35.6.